The van der Waals surface area contributed by atoms with E-state index in [1.807, 2.05) is 18.2 Å². The lowest BCUT2D eigenvalue weighted by Crippen LogP contribution is -2.10. The van der Waals surface area contributed by atoms with Crippen molar-refractivity contribution in [2.24, 2.45) is 7.05 Å². The van der Waals surface area contributed by atoms with Gasteiger partial charge in [-0.2, -0.15) is 0 Å². The molecule has 0 aliphatic carbocycles. The first-order valence-electron chi connectivity index (χ1n) is 10.4. The Hall–Kier alpha value is -3.87. The summed E-state index contributed by atoms with van der Waals surface area (Å²) in [7, 11) is 3.36. The van der Waals surface area contributed by atoms with Crippen LogP contribution in [0.1, 0.15) is 41.5 Å². The van der Waals surface area contributed by atoms with Gasteiger partial charge in [-0.1, -0.05) is 19.4 Å². The monoisotopic (exact) mass is 433 g/mol. The number of hydrogen-bond acceptors (Lipinski definition) is 5. The molecule has 32 heavy (non-hydrogen) atoms. The molecule has 1 heterocycles. The lowest BCUT2D eigenvalue weighted by Gasteiger charge is -2.11. The zero-order valence-electron chi connectivity index (χ0n) is 18.5. The molecule has 3 aromatic rings. The van der Waals surface area contributed by atoms with E-state index in [2.05, 4.69) is 17.2 Å². The first-order valence-corrected chi connectivity index (χ1v) is 10.4. The Labute approximate surface area is 187 Å². The number of nitrogens with one attached hydrogen (secondary N) is 1. The van der Waals surface area contributed by atoms with E-state index in [0.29, 0.717) is 35.2 Å². The van der Waals surface area contributed by atoms with Gasteiger partial charge in [-0.25, -0.2) is 4.98 Å². The molecule has 0 saturated carbocycles. The van der Waals surface area contributed by atoms with Crippen molar-refractivity contribution >= 4 is 23.5 Å². The van der Waals surface area contributed by atoms with Gasteiger partial charge in [0.15, 0.2) is 17.3 Å². The number of ketones is 1. The number of hydrogen-bond donors (Lipinski definition) is 1. The second-order valence-electron chi connectivity index (χ2n) is 7.20. The predicted octanol–water partition coefficient (Wildman–Crippen LogP) is 4.49. The molecule has 0 atom stereocenters. The van der Waals surface area contributed by atoms with Gasteiger partial charge < -0.3 is 19.4 Å². The molecule has 3 rings (SSSR count). The van der Waals surface area contributed by atoms with Gasteiger partial charge in [0.05, 0.1) is 13.7 Å². The first kappa shape index (κ1) is 22.8. The normalized spacial score (nSPS) is 10.8. The van der Waals surface area contributed by atoms with Crippen LogP contribution in [0.5, 0.6) is 11.5 Å². The molecule has 0 aliphatic rings. The number of carbonyl (C=O) groups excluding carboxylic acids is 2. The first-order chi connectivity index (χ1) is 15.5. The van der Waals surface area contributed by atoms with Crippen LogP contribution in [-0.4, -0.2) is 35.0 Å². The molecular weight excluding hydrogens is 406 g/mol. The molecule has 0 radical (unpaired) electrons. The summed E-state index contributed by atoms with van der Waals surface area (Å²) in [5.74, 6) is 1.21. The van der Waals surface area contributed by atoms with Crippen LogP contribution in [0.15, 0.2) is 60.9 Å². The van der Waals surface area contributed by atoms with Gasteiger partial charge in [-0.15, -0.1) is 0 Å². The van der Waals surface area contributed by atoms with E-state index >= 15 is 0 Å². The maximum absolute atomic E-state index is 12.5. The van der Waals surface area contributed by atoms with Gasteiger partial charge in [-0.05, 0) is 54.5 Å². The summed E-state index contributed by atoms with van der Waals surface area (Å²) in [5.41, 5.74) is 1.91. The molecule has 0 unspecified atom stereocenters. The topological polar surface area (TPSA) is 82.5 Å². The van der Waals surface area contributed by atoms with Crippen LogP contribution in [0.4, 0.5) is 5.69 Å². The highest BCUT2D eigenvalue weighted by molar-refractivity contribution is 6.07. The largest absolute Gasteiger partial charge is 0.493 e. The van der Waals surface area contributed by atoms with Gasteiger partial charge in [0.2, 0.25) is 11.7 Å². The lowest BCUT2D eigenvalue weighted by molar-refractivity contribution is -0.111. The van der Waals surface area contributed by atoms with Crippen LogP contribution in [0.3, 0.4) is 0 Å². The fourth-order valence-electron chi connectivity index (χ4n) is 3.01. The Morgan fingerprint density at radius 3 is 2.56 bits per heavy atom. The van der Waals surface area contributed by atoms with E-state index in [1.54, 1.807) is 61.5 Å². The molecule has 1 aromatic heterocycles. The van der Waals surface area contributed by atoms with E-state index < -0.39 is 0 Å². The molecule has 2 aromatic carbocycles. The van der Waals surface area contributed by atoms with E-state index in [4.69, 9.17) is 9.47 Å². The van der Waals surface area contributed by atoms with Crippen molar-refractivity contribution in [1.29, 1.82) is 0 Å². The number of methoxy groups -OCH3 is 1. The van der Waals surface area contributed by atoms with E-state index in [1.165, 1.54) is 6.08 Å². The van der Waals surface area contributed by atoms with Crippen molar-refractivity contribution in [3.05, 3.63) is 77.9 Å². The Kier molecular flexibility index (Phi) is 7.80. The van der Waals surface area contributed by atoms with E-state index in [9.17, 15) is 9.59 Å². The Bertz CT molecular complexity index is 1100. The molecule has 0 aliphatic heterocycles. The van der Waals surface area contributed by atoms with E-state index in [-0.39, 0.29) is 11.7 Å². The van der Waals surface area contributed by atoms with Crippen molar-refractivity contribution in [1.82, 2.24) is 9.55 Å². The number of amides is 1. The van der Waals surface area contributed by atoms with Gasteiger partial charge in [0.1, 0.15) is 0 Å². The molecule has 0 bridgehead atoms. The van der Waals surface area contributed by atoms with Gasteiger partial charge in [0, 0.05) is 36.8 Å². The highest BCUT2D eigenvalue weighted by atomic mass is 16.5. The third-order valence-corrected chi connectivity index (χ3v) is 4.81. The van der Waals surface area contributed by atoms with Crippen molar-refractivity contribution < 1.29 is 19.1 Å². The number of carbonyl (C=O) groups is 2. The summed E-state index contributed by atoms with van der Waals surface area (Å²) in [6.45, 7) is 2.74. The number of anilines is 1. The van der Waals surface area contributed by atoms with Crippen LogP contribution in [-0.2, 0) is 11.8 Å². The zero-order chi connectivity index (χ0) is 22.9. The summed E-state index contributed by atoms with van der Waals surface area (Å²) in [6.07, 6.45) is 8.48. The van der Waals surface area contributed by atoms with Crippen LogP contribution >= 0.6 is 0 Å². The molecule has 0 saturated heterocycles. The number of rotatable bonds is 10. The zero-order valence-corrected chi connectivity index (χ0v) is 18.5. The number of imidazole rings is 1. The fourth-order valence-corrected chi connectivity index (χ4v) is 3.01. The van der Waals surface area contributed by atoms with Gasteiger partial charge in [0.25, 0.3) is 0 Å². The quantitative estimate of drug-likeness (QED) is 0.289. The number of nitrogens with zero attached hydrogens (tertiary/aromatic N) is 2. The van der Waals surface area contributed by atoms with Gasteiger partial charge >= 0.3 is 0 Å². The molecule has 7 nitrogen and oxygen atoms in total. The number of aromatic nitrogens is 2. The van der Waals surface area contributed by atoms with Crippen LogP contribution in [0.25, 0.3) is 6.08 Å². The minimum atomic E-state index is -0.282. The summed E-state index contributed by atoms with van der Waals surface area (Å²) in [4.78, 5) is 28.8. The van der Waals surface area contributed by atoms with Crippen LogP contribution in [0.2, 0.25) is 0 Å². The van der Waals surface area contributed by atoms with E-state index in [0.717, 1.165) is 18.4 Å². The van der Waals surface area contributed by atoms with Crippen molar-refractivity contribution in [3.8, 4) is 11.5 Å². The second-order valence-corrected chi connectivity index (χ2v) is 7.20. The van der Waals surface area contributed by atoms with Crippen molar-refractivity contribution in [2.45, 2.75) is 19.8 Å². The van der Waals surface area contributed by atoms with Gasteiger partial charge in [-0.3, -0.25) is 9.59 Å². The summed E-state index contributed by atoms with van der Waals surface area (Å²) >= 11 is 0. The molecular formula is C25H27N3O4. The fraction of sp³-hybridized carbons (Fsp3) is 0.240. The molecule has 1 N–H and O–H groups in total. The minimum Gasteiger partial charge on any atom is -0.493 e. The van der Waals surface area contributed by atoms with Crippen molar-refractivity contribution in [2.75, 3.05) is 19.0 Å². The Morgan fingerprint density at radius 2 is 1.91 bits per heavy atom. The predicted molar refractivity (Wildman–Crippen MR) is 124 cm³/mol. The molecule has 0 spiro atoms. The summed E-state index contributed by atoms with van der Waals surface area (Å²) in [5, 5.41) is 2.78. The summed E-state index contributed by atoms with van der Waals surface area (Å²) < 4.78 is 12.8. The molecule has 1 amide bonds. The minimum absolute atomic E-state index is 0.175. The van der Waals surface area contributed by atoms with Crippen LogP contribution < -0.4 is 14.8 Å². The SMILES string of the molecule is CCCCOc1ccc(/C=C/C(=O)Nc2ccc(C(=O)c3nccn3C)cc2)cc1OC. The number of ether oxygens (including phenoxy) is 2. The molecule has 0 fully saturated rings. The Balaban J connectivity index is 1.60. The van der Waals surface area contributed by atoms with Crippen molar-refractivity contribution in [3.63, 3.8) is 0 Å². The number of benzene rings is 2. The maximum Gasteiger partial charge on any atom is 0.248 e. The number of aryl methyl sites for hydroxylation is 1. The Morgan fingerprint density at radius 1 is 1.12 bits per heavy atom. The third-order valence-electron chi connectivity index (χ3n) is 4.81. The van der Waals surface area contributed by atoms with Crippen LogP contribution in [0, 0.1) is 0 Å². The highest BCUT2D eigenvalue weighted by Gasteiger charge is 2.13. The average molecular weight is 434 g/mol. The smallest absolute Gasteiger partial charge is 0.248 e. The molecule has 7 heteroatoms. The second kappa shape index (κ2) is 10.9. The highest BCUT2D eigenvalue weighted by Crippen LogP contribution is 2.28. The summed E-state index contributed by atoms with van der Waals surface area (Å²) in [6, 6.07) is 12.2. The average Bonchev–Trinajstić information content (AvgIpc) is 3.24. The third kappa shape index (κ3) is 5.85. The molecule has 166 valence electrons. The number of unbranched alkanes of at least 4 members (excludes halogenated alkanes) is 1. The maximum atomic E-state index is 12.5. The lowest BCUT2D eigenvalue weighted by atomic mass is 10.1. The standard InChI is InChI=1S/C25H27N3O4/c1-4-5-16-32-21-12-6-18(17-22(21)31-3)7-13-23(29)27-20-10-8-19(9-11-20)24(30)25-26-14-15-28(25)2/h6-15,17H,4-5,16H2,1-3H3,(H,27,29)/b13-7+.